The van der Waals surface area contributed by atoms with Crippen molar-refractivity contribution in [2.45, 2.75) is 44.1 Å². The number of aromatic nitrogens is 2. The van der Waals surface area contributed by atoms with Crippen LogP contribution in [0.1, 0.15) is 43.3 Å². The van der Waals surface area contributed by atoms with Gasteiger partial charge in [0.1, 0.15) is 5.78 Å². The highest BCUT2D eigenvalue weighted by Crippen LogP contribution is 2.28. The Morgan fingerprint density at radius 3 is 2.95 bits per heavy atom. The van der Waals surface area contributed by atoms with Gasteiger partial charge >= 0.3 is 0 Å². The van der Waals surface area contributed by atoms with Crippen molar-refractivity contribution in [3.8, 4) is 0 Å². The van der Waals surface area contributed by atoms with Gasteiger partial charge in [0.2, 0.25) is 5.89 Å². The van der Waals surface area contributed by atoms with Gasteiger partial charge in [0.05, 0.1) is 5.92 Å². The normalized spacial score (nSPS) is 29.0. The van der Waals surface area contributed by atoms with E-state index < -0.39 is 0 Å². The molecule has 2 aliphatic rings. The average molecular weight is 292 g/mol. The first-order valence-corrected chi connectivity index (χ1v) is 7.87. The molecule has 1 saturated heterocycles. The number of ketones is 1. The second-order valence-electron chi connectivity index (χ2n) is 6.41. The second-order valence-corrected chi connectivity index (χ2v) is 6.41. The van der Waals surface area contributed by atoms with E-state index in [0.29, 0.717) is 18.4 Å². The summed E-state index contributed by atoms with van der Waals surface area (Å²) >= 11 is 0. The molecule has 2 heterocycles. The Morgan fingerprint density at radius 2 is 2.14 bits per heavy atom. The lowest BCUT2D eigenvalue weighted by atomic mass is 9.88. The summed E-state index contributed by atoms with van der Waals surface area (Å²) in [6.07, 6.45) is 4.36. The Balaban J connectivity index is 1.66. The van der Waals surface area contributed by atoms with Crippen LogP contribution in [0.3, 0.4) is 0 Å². The number of Topliss-reactive ketones (excluding diaryl/α,β-unsaturated/α-hetero) is 1. The van der Waals surface area contributed by atoms with E-state index >= 15 is 0 Å². The summed E-state index contributed by atoms with van der Waals surface area (Å²) in [5.41, 5.74) is 0. The molecule has 0 amide bonds. The van der Waals surface area contributed by atoms with Crippen molar-refractivity contribution < 1.29 is 9.32 Å². The second kappa shape index (κ2) is 6.23. The minimum atomic E-state index is -0.160. The number of piperazine rings is 1. The van der Waals surface area contributed by atoms with Gasteiger partial charge in [0.25, 0.3) is 0 Å². The highest BCUT2D eigenvalue weighted by Gasteiger charge is 2.30. The van der Waals surface area contributed by atoms with Gasteiger partial charge in [-0.3, -0.25) is 4.79 Å². The van der Waals surface area contributed by atoms with Crippen LogP contribution in [0.4, 0.5) is 0 Å². The first-order valence-electron chi connectivity index (χ1n) is 7.87. The fraction of sp³-hybridized carbons (Fsp3) is 0.800. The maximum Gasteiger partial charge on any atom is 0.237 e. The smallest absolute Gasteiger partial charge is 0.237 e. The molecule has 1 saturated carbocycles. The van der Waals surface area contributed by atoms with Crippen molar-refractivity contribution in [3.05, 3.63) is 11.7 Å². The molecule has 1 aromatic heterocycles. The summed E-state index contributed by atoms with van der Waals surface area (Å²) in [5, 5.41) is 4.10. The Hall–Kier alpha value is -1.27. The summed E-state index contributed by atoms with van der Waals surface area (Å²) < 4.78 is 5.36. The van der Waals surface area contributed by atoms with Crippen molar-refractivity contribution >= 4 is 5.78 Å². The van der Waals surface area contributed by atoms with Crippen LogP contribution >= 0.6 is 0 Å². The van der Waals surface area contributed by atoms with Crippen molar-refractivity contribution in [2.24, 2.45) is 0 Å². The lowest BCUT2D eigenvalue weighted by Gasteiger charge is -2.37. The Labute approximate surface area is 125 Å². The summed E-state index contributed by atoms with van der Waals surface area (Å²) in [5.74, 6) is 1.36. The quantitative estimate of drug-likeness (QED) is 0.831. The molecule has 0 bridgehead atoms. The number of hydrogen-bond acceptors (Lipinski definition) is 6. The molecule has 0 aromatic carbocycles. The van der Waals surface area contributed by atoms with E-state index in [1.807, 2.05) is 0 Å². The van der Waals surface area contributed by atoms with E-state index in [0.717, 1.165) is 51.1 Å². The number of nitrogens with zero attached hydrogens (tertiary/aromatic N) is 4. The molecule has 1 aromatic rings. The molecule has 2 unspecified atom stereocenters. The largest absolute Gasteiger partial charge is 0.339 e. The van der Waals surface area contributed by atoms with Gasteiger partial charge in [-0.25, -0.2) is 0 Å². The summed E-state index contributed by atoms with van der Waals surface area (Å²) in [7, 11) is 4.28. The molecular weight excluding hydrogens is 268 g/mol. The van der Waals surface area contributed by atoms with Gasteiger partial charge in [-0.2, -0.15) is 4.98 Å². The van der Waals surface area contributed by atoms with E-state index in [-0.39, 0.29) is 11.7 Å². The zero-order valence-corrected chi connectivity index (χ0v) is 12.9. The lowest BCUT2D eigenvalue weighted by molar-refractivity contribution is -0.122. The Bertz CT molecular complexity index is 502. The van der Waals surface area contributed by atoms with E-state index in [9.17, 15) is 4.79 Å². The van der Waals surface area contributed by atoms with Crippen LogP contribution in [0.25, 0.3) is 0 Å². The first kappa shape index (κ1) is 14.7. The van der Waals surface area contributed by atoms with Crippen LogP contribution in [0.5, 0.6) is 0 Å². The predicted molar refractivity (Wildman–Crippen MR) is 78.1 cm³/mol. The van der Waals surface area contributed by atoms with Crippen LogP contribution in [0, 0.1) is 0 Å². The van der Waals surface area contributed by atoms with Crippen LogP contribution in [0.15, 0.2) is 4.52 Å². The SMILES string of the molecule is CN1CCN(C)C(Cc2noc(C3CCCCC3=O)n2)C1. The third kappa shape index (κ3) is 3.32. The van der Waals surface area contributed by atoms with Crippen LogP contribution in [-0.4, -0.2) is 65.5 Å². The van der Waals surface area contributed by atoms with Crippen molar-refractivity contribution in [1.29, 1.82) is 0 Å². The topological polar surface area (TPSA) is 62.5 Å². The molecule has 2 atom stereocenters. The van der Waals surface area contributed by atoms with Crippen LogP contribution in [0.2, 0.25) is 0 Å². The minimum absolute atomic E-state index is 0.160. The molecule has 116 valence electrons. The monoisotopic (exact) mass is 292 g/mol. The fourth-order valence-electron chi connectivity index (χ4n) is 3.27. The minimum Gasteiger partial charge on any atom is -0.339 e. The van der Waals surface area contributed by atoms with Crippen molar-refractivity contribution in [1.82, 2.24) is 19.9 Å². The molecule has 1 aliphatic carbocycles. The molecule has 21 heavy (non-hydrogen) atoms. The van der Waals surface area contributed by atoms with E-state index in [4.69, 9.17) is 4.52 Å². The summed E-state index contributed by atoms with van der Waals surface area (Å²) in [6, 6.07) is 0.413. The number of hydrogen-bond donors (Lipinski definition) is 0. The predicted octanol–water partition coefficient (Wildman–Crippen LogP) is 1.08. The fourth-order valence-corrected chi connectivity index (χ4v) is 3.27. The molecular formula is C15H24N4O2. The molecule has 0 N–H and O–H groups in total. The molecule has 0 spiro atoms. The zero-order chi connectivity index (χ0) is 14.8. The van der Waals surface area contributed by atoms with Gasteiger partial charge in [-0.15, -0.1) is 0 Å². The molecule has 1 aliphatic heterocycles. The average Bonchev–Trinajstić information content (AvgIpc) is 2.92. The van der Waals surface area contributed by atoms with Gasteiger partial charge < -0.3 is 14.3 Å². The van der Waals surface area contributed by atoms with Crippen molar-refractivity contribution in [3.63, 3.8) is 0 Å². The van der Waals surface area contributed by atoms with Crippen LogP contribution < -0.4 is 0 Å². The molecule has 2 fully saturated rings. The maximum absolute atomic E-state index is 11.9. The summed E-state index contributed by atoms with van der Waals surface area (Å²) in [6.45, 7) is 3.18. The van der Waals surface area contributed by atoms with Crippen molar-refractivity contribution in [2.75, 3.05) is 33.7 Å². The summed E-state index contributed by atoms with van der Waals surface area (Å²) in [4.78, 5) is 21.1. The highest BCUT2D eigenvalue weighted by molar-refractivity contribution is 5.85. The molecule has 6 heteroatoms. The van der Waals surface area contributed by atoms with E-state index in [2.05, 4.69) is 34.0 Å². The number of carbonyl (C=O) groups is 1. The number of rotatable bonds is 3. The molecule has 6 nitrogen and oxygen atoms in total. The van der Waals surface area contributed by atoms with Gasteiger partial charge in [0.15, 0.2) is 5.82 Å². The zero-order valence-electron chi connectivity index (χ0n) is 12.9. The number of likely N-dealkylation sites (N-methyl/N-ethyl adjacent to an activating group) is 2. The van der Waals surface area contributed by atoms with E-state index in [1.54, 1.807) is 0 Å². The Morgan fingerprint density at radius 1 is 1.29 bits per heavy atom. The number of carbonyl (C=O) groups excluding carboxylic acids is 1. The van der Waals surface area contributed by atoms with Gasteiger partial charge in [-0.05, 0) is 26.9 Å². The highest BCUT2D eigenvalue weighted by atomic mass is 16.5. The first-order chi connectivity index (χ1) is 10.1. The third-order valence-electron chi connectivity index (χ3n) is 4.73. The Kier molecular flexibility index (Phi) is 4.35. The standard InChI is InChI=1S/C15H24N4O2/c1-18-7-8-19(2)11(10-18)9-14-16-15(21-17-14)12-5-3-4-6-13(12)20/h11-12H,3-10H2,1-2H3. The molecule has 3 rings (SSSR count). The van der Waals surface area contributed by atoms with E-state index in [1.165, 1.54) is 0 Å². The van der Waals surface area contributed by atoms with Gasteiger partial charge in [-0.1, -0.05) is 11.6 Å². The third-order valence-corrected chi connectivity index (χ3v) is 4.73. The van der Waals surface area contributed by atoms with Crippen LogP contribution in [-0.2, 0) is 11.2 Å². The molecule has 0 radical (unpaired) electrons. The maximum atomic E-state index is 11.9. The van der Waals surface area contributed by atoms with Gasteiger partial charge in [0, 0.05) is 38.5 Å². The lowest BCUT2D eigenvalue weighted by Crippen LogP contribution is -2.50.